The van der Waals surface area contributed by atoms with Crippen molar-refractivity contribution in [2.75, 3.05) is 46.6 Å². The van der Waals surface area contributed by atoms with Gasteiger partial charge in [0.25, 0.3) is 6.47 Å². The summed E-state index contributed by atoms with van der Waals surface area (Å²) in [6, 6.07) is 0. The third-order valence-electron chi connectivity index (χ3n) is 9.84. The number of unbranched alkanes of at least 4 members (excludes halogenated alkanes) is 26. The summed E-state index contributed by atoms with van der Waals surface area (Å²) in [6.07, 6.45) is 40.0. The van der Waals surface area contributed by atoms with E-state index in [1.807, 2.05) is 13.8 Å². The molecule has 6 N–H and O–H groups in total. The van der Waals surface area contributed by atoms with Crippen LogP contribution in [-0.4, -0.2) is 85.8 Å². The molecule has 1 atom stereocenters. The molecule has 0 aromatic heterocycles. The normalized spacial score (nSPS) is 10.9. The molecular formula is C49H104N2O8. The Kier molecular flexibility index (Phi) is 73.5. The van der Waals surface area contributed by atoms with E-state index in [1.165, 1.54) is 167 Å². The average Bonchev–Trinajstić information content (AvgIpc) is 3.22. The molecule has 10 heteroatoms. The van der Waals surface area contributed by atoms with Crippen molar-refractivity contribution in [2.45, 2.75) is 234 Å². The van der Waals surface area contributed by atoms with Crippen molar-refractivity contribution in [1.82, 2.24) is 10.6 Å². The average molecular weight is 849 g/mol. The maximum atomic E-state index is 9.92. The van der Waals surface area contributed by atoms with E-state index in [9.17, 15) is 9.59 Å². The first-order valence-corrected chi connectivity index (χ1v) is 24.5. The number of hydrogen-bond donors (Lipinski definition) is 6. The van der Waals surface area contributed by atoms with Gasteiger partial charge in [-0.15, -0.1) is 0 Å². The van der Waals surface area contributed by atoms with E-state index in [1.54, 1.807) is 0 Å². The Bertz CT molecular complexity index is 743. The lowest BCUT2D eigenvalue weighted by Crippen LogP contribution is -2.29. The summed E-state index contributed by atoms with van der Waals surface area (Å²) in [5, 5.41) is 36.1. The highest BCUT2D eigenvalue weighted by Gasteiger charge is 2.09. The summed E-state index contributed by atoms with van der Waals surface area (Å²) in [7, 11) is 1.00. The molecule has 0 rings (SSSR count). The summed E-state index contributed by atoms with van der Waals surface area (Å²) in [5.41, 5.74) is 0. The van der Waals surface area contributed by atoms with Gasteiger partial charge < -0.3 is 40.6 Å². The van der Waals surface area contributed by atoms with E-state index in [0.717, 1.165) is 64.9 Å². The van der Waals surface area contributed by atoms with Gasteiger partial charge in [0.15, 0.2) is 0 Å². The van der Waals surface area contributed by atoms with Gasteiger partial charge in [0.05, 0.1) is 6.61 Å². The van der Waals surface area contributed by atoms with Crippen molar-refractivity contribution in [1.29, 1.82) is 0 Å². The van der Waals surface area contributed by atoms with Crippen LogP contribution in [0.4, 0.5) is 4.79 Å². The van der Waals surface area contributed by atoms with E-state index in [4.69, 9.17) is 30.0 Å². The second-order valence-corrected chi connectivity index (χ2v) is 16.8. The fourth-order valence-electron chi connectivity index (χ4n) is 6.29. The highest BCUT2D eigenvalue weighted by atomic mass is 16.5. The van der Waals surface area contributed by atoms with Gasteiger partial charge in [-0.2, -0.15) is 0 Å². The number of carbonyl (C=O) groups is 3. The smallest absolute Gasteiger partial charge is 0.404 e. The number of nitrogens with one attached hydrogen (secondary N) is 2. The second kappa shape index (κ2) is 65.4. The molecule has 0 bridgehead atoms. The van der Waals surface area contributed by atoms with Crippen molar-refractivity contribution in [3.8, 4) is 0 Å². The first-order valence-electron chi connectivity index (χ1n) is 24.5. The first-order chi connectivity index (χ1) is 28.7. The quantitative estimate of drug-likeness (QED) is 0.0260. The summed E-state index contributed by atoms with van der Waals surface area (Å²) >= 11 is 0. The van der Waals surface area contributed by atoms with Crippen LogP contribution in [0, 0.1) is 17.8 Å². The summed E-state index contributed by atoms with van der Waals surface area (Å²) in [6.45, 7) is 17.9. The second-order valence-electron chi connectivity index (χ2n) is 16.8. The summed E-state index contributed by atoms with van der Waals surface area (Å²) in [4.78, 5) is 28.1. The molecule has 0 spiro atoms. The lowest BCUT2D eigenvalue weighted by molar-refractivity contribution is -0.122. The zero-order valence-electron chi connectivity index (χ0n) is 40.3. The molecule has 0 aliphatic rings. The Morgan fingerprint density at radius 1 is 0.576 bits per heavy atom. The number of carbonyl (C=O) groups excluding carboxylic acids is 1. The van der Waals surface area contributed by atoms with Crippen molar-refractivity contribution in [2.24, 2.45) is 17.8 Å². The summed E-state index contributed by atoms with van der Waals surface area (Å²) < 4.78 is 6.17. The van der Waals surface area contributed by atoms with Crippen LogP contribution in [0.15, 0.2) is 0 Å². The number of hydrogen-bond acceptors (Lipinski definition) is 7. The predicted molar refractivity (Wildman–Crippen MR) is 253 cm³/mol. The third kappa shape index (κ3) is 80.9. The highest BCUT2D eigenvalue weighted by molar-refractivity contribution is 5.64. The van der Waals surface area contributed by atoms with Gasteiger partial charge >= 0.3 is 6.09 Å². The molecule has 1 amide bonds. The molecule has 10 nitrogen and oxygen atoms in total. The van der Waals surface area contributed by atoms with Gasteiger partial charge in [-0.1, -0.05) is 202 Å². The van der Waals surface area contributed by atoms with Crippen LogP contribution < -0.4 is 10.6 Å². The van der Waals surface area contributed by atoms with E-state index in [2.05, 4.69) is 38.3 Å². The molecule has 0 saturated carbocycles. The molecule has 1 unspecified atom stereocenters. The van der Waals surface area contributed by atoms with Gasteiger partial charge in [0.1, 0.15) is 6.29 Å². The fourth-order valence-corrected chi connectivity index (χ4v) is 6.29. The number of amides is 1. The van der Waals surface area contributed by atoms with E-state index in [-0.39, 0.29) is 6.47 Å². The van der Waals surface area contributed by atoms with Crippen LogP contribution >= 0.6 is 0 Å². The van der Waals surface area contributed by atoms with Crippen LogP contribution in [0.25, 0.3) is 0 Å². The zero-order valence-corrected chi connectivity index (χ0v) is 40.3. The Morgan fingerprint density at radius 3 is 1.31 bits per heavy atom. The van der Waals surface area contributed by atoms with E-state index >= 15 is 0 Å². The molecule has 59 heavy (non-hydrogen) atoms. The van der Waals surface area contributed by atoms with Crippen molar-refractivity contribution in [3.05, 3.63) is 0 Å². The first kappa shape index (κ1) is 66.4. The van der Waals surface area contributed by atoms with Gasteiger partial charge in [-0.3, -0.25) is 4.79 Å². The Balaban J connectivity index is -0.000000378. The Morgan fingerprint density at radius 2 is 0.949 bits per heavy atom. The molecule has 0 fully saturated rings. The Hall–Kier alpha value is -1.75. The molecule has 0 aliphatic heterocycles. The number of rotatable bonds is 40. The van der Waals surface area contributed by atoms with Gasteiger partial charge in [-0.25, -0.2) is 4.79 Å². The maximum absolute atomic E-state index is 9.92. The lowest BCUT2D eigenvalue weighted by atomic mass is 10.00. The van der Waals surface area contributed by atoms with Crippen molar-refractivity contribution < 1.29 is 39.5 Å². The van der Waals surface area contributed by atoms with Crippen LogP contribution in [0.5, 0.6) is 0 Å². The van der Waals surface area contributed by atoms with E-state index < -0.39 is 6.09 Å². The minimum absolute atomic E-state index is 0.250. The molecule has 0 saturated heterocycles. The minimum Gasteiger partial charge on any atom is -0.483 e. The maximum Gasteiger partial charge on any atom is 0.404 e. The monoisotopic (exact) mass is 849 g/mol. The number of aliphatic hydroxyl groups is 2. The molecule has 0 radical (unpaired) electrons. The summed E-state index contributed by atoms with van der Waals surface area (Å²) in [5.74, 6) is 1.86. The molecule has 0 heterocycles. The topological polar surface area (TPSA) is 165 Å². The van der Waals surface area contributed by atoms with Crippen LogP contribution in [0.2, 0.25) is 0 Å². The number of aliphatic hydroxyl groups excluding tert-OH is 2. The standard InChI is InChI=1S/C36H75NO.C7H13NO3.C4H10O.CH2O2.CH4O/c1-5-7-9-11-13-15-17-19-20-22-24-26-28-30-36(33-37-32-35(3)4)34-38-31-29-27-25-23-21-18-16-14-12-10-8-6-2;9-6-4-2-1-3-5-8-7(10)11;1-4(2)3-5;2-1-3;1-2/h35-37H,5-34H2,1-4H3;6,8H,1-5H2,(H,10,11);4-5H,3H2,1-2H3;1H,(H,2,3);2H,1H3. The van der Waals surface area contributed by atoms with Crippen LogP contribution in [0.3, 0.4) is 0 Å². The Labute approximate surface area is 366 Å². The molecule has 0 aliphatic carbocycles. The highest BCUT2D eigenvalue weighted by Crippen LogP contribution is 2.16. The fraction of sp³-hybridized carbons (Fsp3) is 0.939. The lowest BCUT2D eigenvalue weighted by Gasteiger charge is -2.19. The predicted octanol–water partition coefficient (Wildman–Crippen LogP) is 13.0. The number of aldehydes is 1. The minimum atomic E-state index is -0.986. The van der Waals surface area contributed by atoms with Crippen molar-refractivity contribution >= 4 is 18.9 Å². The molecule has 0 aromatic carbocycles. The van der Waals surface area contributed by atoms with Gasteiger partial charge in [-0.05, 0) is 50.0 Å². The number of ether oxygens (including phenoxy) is 1. The van der Waals surface area contributed by atoms with Crippen LogP contribution in [-0.2, 0) is 14.3 Å². The van der Waals surface area contributed by atoms with Crippen molar-refractivity contribution in [3.63, 3.8) is 0 Å². The van der Waals surface area contributed by atoms with Gasteiger partial charge in [0, 0.05) is 39.8 Å². The number of carboxylic acid groups (broad SMARTS) is 2. The molecule has 358 valence electrons. The third-order valence-corrected chi connectivity index (χ3v) is 9.84. The largest absolute Gasteiger partial charge is 0.483 e. The molecular weight excluding hydrogens is 745 g/mol. The van der Waals surface area contributed by atoms with E-state index in [0.29, 0.717) is 31.4 Å². The van der Waals surface area contributed by atoms with Gasteiger partial charge in [0.2, 0.25) is 0 Å². The van der Waals surface area contributed by atoms with Crippen LogP contribution in [0.1, 0.15) is 234 Å². The molecule has 0 aromatic rings. The zero-order chi connectivity index (χ0) is 45.3. The SMILES string of the molecule is CC(C)CO.CCCCCCCCCCCCCCCC(CNCC(C)C)COCCCCCCCCCCCCCC.CO.O=CCCCCCNC(=O)O.O=CO.